The molecule has 3 aromatic rings. The van der Waals surface area contributed by atoms with Gasteiger partial charge in [-0.15, -0.1) is 10.2 Å². The zero-order valence-electron chi connectivity index (χ0n) is 13.0. The highest BCUT2D eigenvalue weighted by Crippen LogP contribution is 2.24. The van der Waals surface area contributed by atoms with Crippen LogP contribution in [0, 0.1) is 6.92 Å². The lowest BCUT2D eigenvalue weighted by Crippen LogP contribution is -2.14. The van der Waals surface area contributed by atoms with E-state index in [1.807, 2.05) is 35.8 Å². The maximum Gasteiger partial charge on any atom is 0.325 e. The van der Waals surface area contributed by atoms with Crippen LogP contribution in [-0.2, 0) is 16.1 Å². The normalized spacial score (nSPS) is 11.4. The van der Waals surface area contributed by atoms with Gasteiger partial charge in [0.2, 0.25) is 0 Å². The Morgan fingerprint density at radius 3 is 2.78 bits per heavy atom. The molecule has 2 heterocycles. The number of para-hydroxylation sites is 1. The van der Waals surface area contributed by atoms with Crippen LogP contribution in [0.25, 0.3) is 10.9 Å². The van der Waals surface area contributed by atoms with Crippen LogP contribution in [0.15, 0.2) is 42.0 Å². The van der Waals surface area contributed by atoms with Crippen LogP contribution in [0.5, 0.6) is 0 Å². The van der Waals surface area contributed by atoms with Gasteiger partial charge in [0.05, 0.1) is 12.8 Å². The van der Waals surface area contributed by atoms with Crippen LogP contribution in [0.1, 0.15) is 18.2 Å². The summed E-state index contributed by atoms with van der Waals surface area (Å²) in [4.78, 5) is 11.9. The van der Waals surface area contributed by atoms with Crippen molar-refractivity contribution in [2.75, 3.05) is 6.61 Å². The third-order valence-electron chi connectivity index (χ3n) is 3.60. The molecule has 0 aliphatic heterocycles. The highest BCUT2D eigenvalue weighted by molar-refractivity contribution is 6.01. The Labute approximate surface area is 133 Å². The van der Waals surface area contributed by atoms with Crippen molar-refractivity contribution in [3.05, 3.63) is 48.2 Å². The summed E-state index contributed by atoms with van der Waals surface area (Å²) in [5, 5.41) is 12.8. The number of fused-ring (bicyclic) bond motifs is 1. The first kappa shape index (κ1) is 15.0. The van der Waals surface area contributed by atoms with Gasteiger partial charge in [-0.05, 0) is 19.9 Å². The molecular weight excluding hydrogens is 294 g/mol. The van der Waals surface area contributed by atoms with E-state index < -0.39 is 0 Å². The first-order chi connectivity index (χ1) is 11.2. The second-order valence-corrected chi connectivity index (χ2v) is 4.99. The molecule has 7 heteroatoms. The first-order valence-corrected chi connectivity index (χ1v) is 7.33. The van der Waals surface area contributed by atoms with Crippen molar-refractivity contribution in [1.29, 1.82) is 0 Å². The van der Waals surface area contributed by atoms with E-state index >= 15 is 0 Å². The summed E-state index contributed by atoms with van der Waals surface area (Å²) in [5.74, 6) is -0.251. The molecule has 0 aliphatic carbocycles. The Hall–Kier alpha value is -2.96. The standard InChI is InChI=1S/C16H17N5O2/c1-3-23-16(22)9-21-12(2)14(8-19-20-10-17-18-11-20)13-6-4-5-7-15(13)21/h4-8,10-11H,3,9H2,1-2H3/b19-8-. The molecule has 0 spiro atoms. The average Bonchev–Trinajstić information content (AvgIpc) is 3.14. The van der Waals surface area contributed by atoms with E-state index in [1.165, 1.54) is 17.3 Å². The lowest BCUT2D eigenvalue weighted by molar-refractivity contribution is -0.143. The average molecular weight is 311 g/mol. The number of carbonyl (C=O) groups excluding carboxylic acids is 1. The SMILES string of the molecule is CCOC(=O)Cn1c(C)c(/C=N\n2cnnc2)c2ccccc21. The summed E-state index contributed by atoms with van der Waals surface area (Å²) >= 11 is 0. The number of hydrogen-bond donors (Lipinski definition) is 0. The molecular formula is C16H17N5O2. The molecule has 1 aromatic carbocycles. The first-order valence-electron chi connectivity index (χ1n) is 7.33. The number of benzene rings is 1. The summed E-state index contributed by atoms with van der Waals surface area (Å²) in [5.41, 5.74) is 2.89. The van der Waals surface area contributed by atoms with Crippen LogP contribution < -0.4 is 0 Å². The lowest BCUT2D eigenvalue weighted by atomic mass is 10.1. The molecule has 7 nitrogen and oxygen atoms in total. The molecule has 0 bridgehead atoms. The van der Waals surface area contributed by atoms with Gasteiger partial charge in [-0.2, -0.15) is 5.10 Å². The summed E-state index contributed by atoms with van der Waals surface area (Å²) in [6.07, 6.45) is 4.79. The van der Waals surface area contributed by atoms with Crippen LogP contribution >= 0.6 is 0 Å². The van der Waals surface area contributed by atoms with Gasteiger partial charge in [0, 0.05) is 22.2 Å². The summed E-state index contributed by atoms with van der Waals surface area (Å²) in [6, 6.07) is 7.91. The van der Waals surface area contributed by atoms with Crippen molar-refractivity contribution in [1.82, 2.24) is 19.4 Å². The van der Waals surface area contributed by atoms with Gasteiger partial charge in [-0.25, -0.2) is 4.68 Å². The van der Waals surface area contributed by atoms with Crippen molar-refractivity contribution >= 4 is 23.1 Å². The topological polar surface area (TPSA) is 74.3 Å². The van der Waals surface area contributed by atoms with Crippen molar-refractivity contribution in [2.24, 2.45) is 5.10 Å². The minimum atomic E-state index is -0.251. The summed E-state index contributed by atoms with van der Waals surface area (Å²) < 4.78 is 8.53. The second-order valence-electron chi connectivity index (χ2n) is 4.99. The molecule has 0 amide bonds. The van der Waals surface area contributed by atoms with Gasteiger partial charge in [-0.3, -0.25) is 4.79 Å². The third-order valence-corrected chi connectivity index (χ3v) is 3.60. The number of ether oxygens (including phenoxy) is 1. The Morgan fingerprint density at radius 2 is 2.04 bits per heavy atom. The van der Waals surface area contributed by atoms with Crippen LogP contribution in [-0.4, -0.2) is 38.2 Å². The predicted molar refractivity (Wildman–Crippen MR) is 86.3 cm³/mol. The molecule has 118 valence electrons. The molecule has 3 rings (SSSR count). The maximum atomic E-state index is 11.9. The van der Waals surface area contributed by atoms with E-state index in [2.05, 4.69) is 15.3 Å². The van der Waals surface area contributed by atoms with Gasteiger partial charge >= 0.3 is 5.97 Å². The lowest BCUT2D eigenvalue weighted by Gasteiger charge is -2.07. The number of esters is 1. The van der Waals surface area contributed by atoms with Gasteiger partial charge in [0.25, 0.3) is 0 Å². The fraction of sp³-hybridized carbons (Fsp3) is 0.250. The third kappa shape index (κ3) is 2.98. The van der Waals surface area contributed by atoms with E-state index in [0.29, 0.717) is 6.61 Å². The second kappa shape index (κ2) is 6.43. The van der Waals surface area contributed by atoms with E-state index in [-0.39, 0.29) is 12.5 Å². The minimum absolute atomic E-state index is 0.181. The molecule has 0 aliphatic rings. The van der Waals surface area contributed by atoms with Gasteiger partial charge in [0.1, 0.15) is 19.2 Å². The predicted octanol–water partition coefficient (Wildman–Crippen LogP) is 1.99. The Morgan fingerprint density at radius 1 is 1.30 bits per heavy atom. The molecule has 0 saturated heterocycles. The zero-order valence-corrected chi connectivity index (χ0v) is 13.0. The maximum absolute atomic E-state index is 11.9. The van der Waals surface area contributed by atoms with Gasteiger partial charge < -0.3 is 9.30 Å². The van der Waals surface area contributed by atoms with E-state index in [1.54, 1.807) is 13.1 Å². The molecule has 23 heavy (non-hydrogen) atoms. The number of aromatic nitrogens is 4. The number of rotatable bonds is 5. The molecule has 0 unspecified atom stereocenters. The van der Waals surface area contributed by atoms with Crippen molar-refractivity contribution in [3.8, 4) is 0 Å². The fourth-order valence-electron chi connectivity index (χ4n) is 2.54. The van der Waals surface area contributed by atoms with E-state index in [9.17, 15) is 4.79 Å². The molecule has 0 saturated carbocycles. The van der Waals surface area contributed by atoms with Gasteiger partial charge in [0.15, 0.2) is 0 Å². The van der Waals surface area contributed by atoms with E-state index in [4.69, 9.17) is 4.74 Å². The minimum Gasteiger partial charge on any atom is -0.465 e. The molecule has 2 aromatic heterocycles. The van der Waals surface area contributed by atoms with Crippen LogP contribution in [0.4, 0.5) is 0 Å². The highest BCUT2D eigenvalue weighted by Gasteiger charge is 2.15. The van der Waals surface area contributed by atoms with E-state index in [0.717, 1.165) is 22.2 Å². The van der Waals surface area contributed by atoms with Crippen molar-refractivity contribution < 1.29 is 9.53 Å². The fourth-order valence-corrected chi connectivity index (χ4v) is 2.54. The number of nitrogens with zero attached hydrogens (tertiary/aromatic N) is 5. The summed E-state index contributed by atoms with van der Waals surface area (Å²) in [6.45, 7) is 4.32. The van der Waals surface area contributed by atoms with Gasteiger partial charge in [-0.1, -0.05) is 18.2 Å². The molecule has 0 fully saturated rings. The Kier molecular flexibility index (Phi) is 4.18. The molecule has 0 atom stereocenters. The quantitative estimate of drug-likeness (QED) is 0.533. The zero-order chi connectivity index (χ0) is 16.2. The monoisotopic (exact) mass is 311 g/mol. The van der Waals surface area contributed by atoms with Crippen LogP contribution in [0.3, 0.4) is 0 Å². The number of hydrogen-bond acceptors (Lipinski definition) is 5. The van der Waals surface area contributed by atoms with Crippen molar-refractivity contribution in [3.63, 3.8) is 0 Å². The van der Waals surface area contributed by atoms with Crippen molar-refractivity contribution in [2.45, 2.75) is 20.4 Å². The molecule has 0 N–H and O–H groups in total. The largest absolute Gasteiger partial charge is 0.465 e. The smallest absolute Gasteiger partial charge is 0.325 e. The van der Waals surface area contributed by atoms with Crippen LogP contribution in [0.2, 0.25) is 0 Å². The summed E-state index contributed by atoms with van der Waals surface area (Å²) in [7, 11) is 0. The Bertz CT molecular complexity index is 849. The Balaban J connectivity index is 2.04. The highest BCUT2D eigenvalue weighted by atomic mass is 16.5. The number of carbonyl (C=O) groups is 1. The molecule has 0 radical (unpaired) electrons.